The average Bonchev–Trinajstić information content (AvgIpc) is 2.94. The Morgan fingerprint density at radius 3 is 2.52 bits per heavy atom. The van der Waals surface area contributed by atoms with Crippen molar-refractivity contribution in [2.45, 2.75) is 45.1 Å². The van der Waals surface area contributed by atoms with Gasteiger partial charge in [-0.15, -0.1) is 10.2 Å². The molecule has 4 saturated carbocycles. The van der Waals surface area contributed by atoms with Crippen molar-refractivity contribution in [2.24, 2.45) is 23.2 Å². The second-order valence-corrected chi connectivity index (χ2v) is 7.93. The number of amides is 1. The van der Waals surface area contributed by atoms with E-state index in [2.05, 4.69) is 15.5 Å². The highest BCUT2D eigenvalue weighted by Gasteiger charge is 2.54. The highest BCUT2D eigenvalue weighted by atomic mass is 16.2. The summed E-state index contributed by atoms with van der Waals surface area (Å²) in [5.41, 5.74) is 0.737. The molecule has 2 aromatic rings. The molecule has 0 spiro atoms. The van der Waals surface area contributed by atoms with Crippen molar-refractivity contribution in [3.63, 3.8) is 0 Å². The van der Waals surface area contributed by atoms with E-state index in [1.807, 2.05) is 28.8 Å². The largest absolute Gasteiger partial charge is 0.348 e. The van der Waals surface area contributed by atoms with Crippen molar-refractivity contribution in [3.05, 3.63) is 30.2 Å². The third-order valence-electron chi connectivity index (χ3n) is 6.31. The third-order valence-corrected chi connectivity index (χ3v) is 6.31. The normalized spacial score (nSPS) is 34.9. The van der Waals surface area contributed by atoms with Crippen LogP contribution in [0.5, 0.6) is 0 Å². The van der Waals surface area contributed by atoms with Crippen LogP contribution in [-0.4, -0.2) is 20.5 Å². The first-order valence-electron chi connectivity index (χ1n) is 8.79. The van der Waals surface area contributed by atoms with E-state index in [0.717, 1.165) is 48.5 Å². The van der Waals surface area contributed by atoms with E-state index in [-0.39, 0.29) is 11.3 Å². The first kappa shape index (κ1) is 13.5. The van der Waals surface area contributed by atoms with Gasteiger partial charge in [0.05, 0.1) is 6.54 Å². The molecule has 6 rings (SSSR count). The summed E-state index contributed by atoms with van der Waals surface area (Å²) in [6.45, 7) is 0.464. The maximum atomic E-state index is 13.0. The number of hydrogen-bond donors (Lipinski definition) is 1. The zero-order valence-corrected chi connectivity index (χ0v) is 13.2. The standard InChI is InChI=1S/C18H22N4O/c23-17(18-8-12-5-13(9-18)7-14(6-12)10-18)19-11-16-21-20-15-3-1-2-4-22(15)16/h1-4,12-14H,5-11H2,(H,19,23). The van der Waals surface area contributed by atoms with Crippen molar-refractivity contribution in [3.8, 4) is 0 Å². The molecule has 2 heterocycles. The van der Waals surface area contributed by atoms with Crippen LogP contribution in [0.3, 0.4) is 0 Å². The second kappa shape index (κ2) is 4.79. The summed E-state index contributed by atoms with van der Waals surface area (Å²) in [5, 5.41) is 11.5. The van der Waals surface area contributed by atoms with E-state index in [1.165, 1.54) is 19.3 Å². The van der Waals surface area contributed by atoms with Gasteiger partial charge in [0.15, 0.2) is 11.5 Å². The molecule has 120 valence electrons. The maximum Gasteiger partial charge on any atom is 0.226 e. The molecule has 23 heavy (non-hydrogen) atoms. The molecule has 2 aromatic heterocycles. The smallest absolute Gasteiger partial charge is 0.226 e. The molecule has 0 saturated heterocycles. The Morgan fingerprint density at radius 2 is 1.83 bits per heavy atom. The van der Waals surface area contributed by atoms with Gasteiger partial charge in [-0.2, -0.15) is 0 Å². The van der Waals surface area contributed by atoms with Crippen LogP contribution >= 0.6 is 0 Å². The minimum Gasteiger partial charge on any atom is -0.348 e. The lowest BCUT2D eigenvalue weighted by Gasteiger charge is -2.55. The minimum absolute atomic E-state index is 0.0881. The van der Waals surface area contributed by atoms with Gasteiger partial charge in [-0.3, -0.25) is 9.20 Å². The van der Waals surface area contributed by atoms with E-state index in [1.54, 1.807) is 0 Å². The molecule has 0 aliphatic heterocycles. The number of rotatable bonds is 3. The number of fused-ring (bicyclic) bond motifs is 1. The second-order valence-electron chi connectivity index (χ2n) is 7.93. The Hall–Kier alpha value is -1.91. The summed E-state index contributed by atoms with van der Waals surface area (Å²) in [4.78, 5) is 13.0. The van der Waals surface area contributed by atoms with Crippen molar-refractivity contribution >= 4 is 11.6 Å². The fraction of sp³-hybridized carbons (Fsp3) is 0.611. The predicted molar refractivity (Wildman–Crippen MR) is 85.4 cm³/mol. The lowest BCUT2D eigenvalue weighted by atomic mass is 9.49. The number of nitrogens with one attached hydrogen (secondary N) is 1. The maximum absolute atomic E-state index is 13.0. The highest BCUT2D eigenvalue weighted by Crippen LogP contribution is 2.60. The van der Waals surface area contributed by atoms with Crippen molar-refractivity contribution in [1.29, 1.82) is 0 Å². The molecule has 5 heteroatoms. The summed E-state index contributed by atoms with van der Waals surface area (Å²) in [6.07, 6.45) is 9.34. The lowest BCUT2D eigenvalue weighted by Crippen LogP contribution is -2.53. The van der Waals surface area contributed by atoms with Crippen LogP contribution in [-0.2, 0) is 11.3 Å². The van der Waals surface area contributed by atoms with Crippen LogP contribution in [0, 0.1) is 23.2 Å². The van der Waals surface area contributed by atoms with Gasteiger partial charge in [-0.1, -0.05) is 6.07 Å². The van der Waals surface area contributed by atoms with E-state index in [4.69, 9.17) is 0 Å². The van der Waals surface area contributed by atoms with Crippen LogP contribution in [0.2, 0.25) is 0 Å². The summed E-state index contributed by atoms with van der Waals surface area (Å²) < 4.78 is 1.94. The summed E-state index contributed by atoms with van der Waals surface area (Å²) in [6, 6.07) is 5.83. The van der Waals surface area contributed by atoms with Crippen molar-refractivity contribution in [2.75, 3.05) is 0 Å². The van der Waals surface area contributed by atoms with Gasteiger partial charge in [0.25, 0.3) is 0 Å². The summed E-state index contributed by atoms with van der Waals surface area (Å²) >= 11 is 0. The fourth-order valence-corrected chi connectivity index (χ4v) is 5.75. The van der Waals surface area contributed by atoms with Crippen LogP contribution < -0.4 is 5.32 Å². The molecule has 0 radical (unpaired) electrons. The van der Waals surface area contributed by atoms with Crippen LogP contribution in [0.4, 0.5) is 0 Å². The van der Waals surface area contributed by atoms with Crippen LogP contribution in [0.1, 0.15) is 44.3 Å². The Kier molecular flexibility index (Phi) is 2.82. The SMILES string of the molecule is O=C(NCc1nnc2ccccn12)C12CC3CC(CC(C3)C1)C2. The molecule has 5 nitrogen and oxygen atoms in total. The molecular weight excluding hydrogens is 288 g/mol. The molecule has 4 aliphatic carbocycles. The van der Waals surface area contributed by atoms with Crippen molar-refractivity contribution in [1.82, 2.24) is 19.9 Å². The molecule has 4 aliphatic rings. The number of pyridine rings is 1. The Bertz CT molecular complexity index is 730. The number of carbonyl (C=O) groups excluding carboxylic acids is 1. The molecular formula is C18H22N4O. The number of nitrogens with zero attached hydrogens (tertiary/aromatic N) is 3. The van der Waals surface area contributed by atoms with Gasteiger partial charge >= 0.3 is 0 Å². The van der Waals surface area contributed by atoms with Gasteiger partial charge in [-0.25, -0.2) is 0 Å². The first-order valence-corrected chi connectivity index (χ1v) is 8.79. The van der Waals surface area contributed by atoms with E-state index in [0.29, 0.717) is 6.54 Å². The van der Waals surface area contributed by atoms with Gasteiger partial charge < -0.3 is 5.32 Å². The van der Waals surface area contributed by atoms with Crippen LogP contribution in [0.25, 0.3) is 5.65 Å². The molecule has 0 unspecified atom stereocenters. The molecule has 1 amide bonds. The molecule has 1 N–H and O–H groups in total. The van der Waals surface area contributed by atoms with Gasteiger partial charge in [0.2, 0.25) is 5.91 Å². The minimum atomic E-state index is -0.0881. The topological polar surface area (TPSA) is 59.3 Å². The quantitative estimate of drug-likeness (QED) is 0.948. The predicted octanol–water partition coefficient (Wildman–Crippen LogP) is 2.56. The highest BCUT2D eigenvalue weighted by molar-refractivity contribution is 5.83. The van der Waals surface area contributed by atoms with Gasteiger partial charge in [0.1, 0.15) is 0 Å². The Morgan fingerprint density at radius 1 is 1.13 bits per heavy atom. The number of carbonyl (C=O) groups is 1. The zero-order valence-electron chi connectivity index (χ0n) is 13.2. The molecule has 0 atom stereocenters. The van der Waals surface area contributed by atoms with Crippen LogP contribution in [0.15, 0.2) is 24.4 Å². The van der Waals surface area contributed by atoms with E-state index >= 15 is 0 Å². The molecule has 0 aromatic carbocycles. The molecule has 4 fully saturated rings. The third kappa shape index (κ3) is 2.09. The Balaban J connectivity index is 1.34. The van der Waals surface area contributed by atoms with Crippen molar-refractivity contribution < 1.29 is 4.79 Å². The van der Waals surface area contributed by atoms with E-state index in [9.17, 15) is 4.79 Å². The lowest BCUT2D eigenvalue weighted by molar-refractivity contribution is -0.146. The fourth-order valence-electron chi connectivity index (χ4n) is 5.75. The molecule has 4 bridgehead atoms. The Labute approximate surface area is 135 Å². The first-order chi connectivity index (χ1) is 11.2. The summed E-state index contributed by atoms with van der Waals surface area (Å²) in [5.74, 6) is 3.44. The zero-order chi connectivity index (χ0) is 15.4. The van der Waals surface area contributed by atoms with Gasteiger partial charge in [0, 0.05) is 11.6 Å². The monoisotopic (exact) mass is 310 g/mol. The number of hydrogen-bond acceptors (Lipinski definition) is 3. The van der Waals surface area contributed by atoms with Gasteiger partial charge in [-0.05, 0) is 68.4 Å². The van der Waals surface area contributed by atoms with E-state index < -0.39 is 0 Å². The summed E-state index contributed by atoms with van der Waals surface area (Å²) in [7, 11) is 0. The number of aromatic nitrogens is 3. The average molecular weight is 310 g/mol.